The number of carbonyl (C=O) groups excluding carboxylic acids is 1. The largest absolute Gasteiger partial charge is 0.378 e. The van der Waals surface area contributed by atoms with E-state index in [9.17, 15) is 4.79 Å². The molecular formula is C23H26N4OS2. The summed E-state index contributed by atoms with van der Waals surface area (Å²) < 4.78 is 0.437. The molecule has 7 heteroatoms. The Morgan fingerprint density at radius 1 is 0.967 bits per heavy atom. The summed E-state index contributed by atoms with van der Waals surface area (Å²) in [4.78, 5) is 17.7. The summed E-state index contributed by atoms with van der Waals surface area (Å²) in [7, 11) is 3.99. The Morgan fingerprint density at radius 3 is 2.10 bits per heavy atom. The molecule has 30 heavy (non-hydrogen) atoms. The third kappa shape index (κ3) is 5.09. The Labute approximate surface area is 188 Å². The van der Waals surface area contributed by atoms with Gasteiger partial charge in [-0.2, -0.15) is 10.1 Å². The van der Waals surface area contributed by atoms with Crippen LogP contribution in [-0.2, 0) is 4.79 Å². The fraction of sp³-hybridized carbons (Fsp3) is 0.261. The zero-order chi connectivity index (χ0) is 21.7. The highest BCUT2D eigenvalue weighted by Gasteiger charge is 2.32. The minimum atomic E-state index is -0.195. The second-order valence-corrected chi connectivity index (χ2v) is 8.66. The minimum absolute atomic E-state index is 0.195. The lowest BCUT2D eigenvalue weighted by Gasteiger charge is -2.20. The number of hydrogen-bond donors (Lipinski definition) is 0. The van der Waals surface area contributed by atoms with E-state index in [2.05, 4.69) is 36.0 Å². The fourth-order valence-electron chi connectivity index (χ4n) is 3.06. The Bertz CT molecular complexity index is 962. The Hall–Kier alpha value is -2.64. The lowest BCUT2D eigenvalue weighted by Crippen LogP contribution is -2.22. The van der Waals surface area contributed by atoms with E-state index in [4.69, 9.17) is 12.2 Å². The van der Waals surface area contributed by atoms with E-state index in [-0.39, 0.29) is 5.91 Å². The molecular weight excluding hydrogens is 412 g/mol. The highest BCUT2D eigenvalue weighted by Crippen LogP contribution is 2.33. The van der Waals surface area contributed by atoms with Crippen LogP contribution >= 0.6 is 24.0 Å². The second-order valence-electron chi connectivity index (χ2n) is 6.99. The number of amides is 1. The summed E-state index contributed by atoms with van der Waals surface area (Å²) in [5.41, 5.74) is 4.16. The maximum Gasteiger partial charge on any atom is 0.286 e. The number of benzene rings is 2. The molecule has 0 aliphatic carbocycles. The minimum Gasteiger partial charge on any atom is -0.378 e. The standard InChI is InChI=1S/C23H26N4OS2/c1-5-26(6-2)20-13-7-17(8-14-20)15-21-22(28)27(23(29)30-21)24-16-18-9-11-19(12-10-18)25(3)4/h7-16H,5-6H2,1-4H3/b21-15+,24-16+. The first-order valence-corrected chi connectivity index (χ1v) is 11.1. The van der Waals surface area contributed by atoms with Crippen molar-refractivity contribution in [1.29, 1.82) is 0 Å². The van der Waals surface area contributed by atoms with Crippen molar-refractivity contribution in [2.45, 2.75) is 13.8 Å². The predicted octanol–water partition coefficient (Wildman–Crippen LogP) is 4.83. The van der Waals surface area contributed by atoms with Crippen LogP contribution in [0.5, 0.6) is 0 Å². The Balaban J connectivity index is 1.72. The van der Waals surface area contributed by atoms with Crippen LogP contribution in [0.25, 0.3) is 6.08 Å². The lowest BCUT2D eigenvalue weighted by molar-refractivity contribution is -0.122. The number of hydrogen-bond acceptors (Lipinski definition) is 6. The molecule has 0 bridgehead atoms. The molecule has 1 fully saturated rings. The molecule has 1 aliphatic rings. The topological polar surface area (TPSA) is 39.1 Å². The van der Waals surface area contributed by atoms with Gasteiger partial charge in [0.2, 0.25) is 0 Å². The van der Waals surface area contributed by atoms with E-state index in [1.807, 2.05) is 61.5 Å². The van der Waals surface area contributed by atoms with Crippen molar-refractivity contribution in [3.8, 4) is 0 Å². The number of nitrogens with zero attached hydrogens (tertiary/aromatic N) is 4. The van der Waals surface area contributed by atoms with Crippen molar-refractivity contribution in [3.63, 3.8) is 0 Å². The molecule has 1 heterocycles. The molecule has 0 radical (unpaired) electrons. The molecule has 0 saturated carbocycles. The first-order valence-electron chi connectivity index (χ1n) is 9.87. The Kier molecular flexibility index (Phi) is 7.29. The summed E-state index contributed by atoms with van der Waals surface area (Å²) in [5.74, 6) is -0.195. The lowest BCUT2D eigenvalue weighted by atomic mass is 10.1. The van der Waals surface area contributed by atoms with Gasteiger partial charge in [-0.05, 0) is 67.5 Å². The third-order valence-electron chi connectivity index (χ3n) is 4.82. The van der Waals surface area contributed by atoms with Crippen LogP contribution in [0.3, 0.4) is 0 Å². The molecule has 5 nitrogen and oxygen atoms in total. The van der Waals surface area contributed by atoms with Gasteiger partial charge in [0.25, 0.3) is 5.91 Å². The van der Waals surface area contributed by atoms with Gasteiger partial charge < -0.3 is 9.80 Å². The summed E-state index contributed by atoms with van der Waals surface area (Å²) >= 11 is 6.64. The second kappa shape index (κ2) is 9.91. The van der Waals surface area contributed by atoms with Crippen LogP contribution in [0.1, 0.15) is 25.0 Å². The summed E-state index contributed by atoms with van der Waals surface area (Å²) in [6.07, 6.45) is 3.53. The molecule has 0 atom stereocenters. The van der Waals surface area contributed by atoms with Gasteiger partial charge in [-0.15, -0.1) is 0 Å². The summed E-state index contributed by atoms with van der Waals surface area (Å²) in [6, 6.07) is 16.1. The SMILES string of the molecule is CCN(CC)c1ccc(/C=C2/SC(=S)N(/N=C/c3ccc(N(C)C)cc3)C2=O)cc1. The van der Waals surface area contributed by atoms with Crippen molar-refractivity contribution in [2.24, 2.45) is 5.10 Å². The zero-order valence-corrected chi connectivity index (χ0v) is 19.3. The quantitative estimate of drug-likeness (QED) is 0.352. The molecule has 1 saturated heterocycles. The van der Waals surface area contributed by atoms with Crippen molar-refractivity contribution in [1.82, 2.24) is 5.01 Å². The number of rotatable bonds is 7. The third-order valence-corrected chi connectivity index (χ3v) is 6.11. The molecule has 0 aromatic heterocycles. The highest BCUT2D eigenvalue weighted by molar-refractivity contribution is 8.26. The van der Waals surface area contributed by atoms with Gasteiger partial charge >= 0.3 is 0 Å². The van der Waals surface area contributed by atoms with Crippen LogP contribution < -0.4 is 9.80 Å². The maximum absolute atomic E-state index is 12.8. The van der Waals surface area contributed by atoms with E-state index >= 15 is 0 Å². The smallest absolute Gasteiger partial charge is 0.286 e. The first-order chi connectivity index (χ1) is 14.4. The summed E-state index contributed by atoms with van der Waals surface area (Å²) in [6.45, 7) is 6.20. The van der Waals surface area contributed by atoms with Gasteiger partial charge in [0.15, 0.2) is 4.32 Å². The van der Waals surface area contributed by atoms with Crippen molar-refractivity contribution in [2.75, 3.05) is 37.0 Å². The average Bonchev–Trinajstić information content (AvgIpc) is 3.01. The molecule has 1 amide bonds. The monoisotopic (exact) mass is 438 g/mol. The van der Waals surface area contributed by atoms with Gasteiger partial charge in [-0.1, -0.05) is 36.0 Å². The molecule has 0 spiro atoms. The van der Waals surface area contributed by atoms with Crippen LogP contribution in [0.4, 0.5) is 11.4 Å². The Morgan fingerprint density at radius 2 is 1.53 bits per heavy atom. The number of hydrazone groups is 1. The van der Waals surface area contributed by atoms with Crippen LogP contribution in [-0.4, -0.2) is 48.6 Å². The molecule has 3 rings (SSSR count). The molecule has 0 N–H and O–H groups in total. The van der Waals surface area contributed by atoms with E-state index < -0.39 is 0 Å². The van der Waals surface area contributed by atoms with Gasteiger partial charge in [-0.25, -0.2) is 0 Å². The molecule has 2 aromatic carbocycles. The molecule has 0 unspecified atom stereocenters. The van der Waals surface area contributed by atoms with Gasteiger partial charge in [0, 0.05) is 38.6 Å². The van der Waals surface area contributed by atoms with E-state index in [0.717, 1.165) is 29.9 Å². The van der Waals surface area contributed by atoms with Crippen LogP contribution in [0, 0.1) is 0 Å². The number of thioether (sulfide) groups is 1. The van der Waals surface area contributed by atoms with E-state index in [1.165, 1.54) is 22.5 Å². The van der Waals surface area contributed by atoms with Crippen LogP contribution in [0.2, 0.25) is 0 Å². The highest BCUT2D eigenvalue weighted by atomic mass is 32.2. The summed E-state index contributed by atoms with van der Waals surface area (Å²) in [5, 5.41) is 5.60. The molecule has 1 aliphatic heterocycles. The average molecular weight is 439 g/mol. The van der Waals surface area contributed by atoms with Crippen molar-refractivity contribution in [3.05, 3.63) is 64.6 Å². The zero-order valence-electron chi connectivity index (χ0n) is 17.7. The fourth-order valence-corrected chi connectivity index (χ4v) is 4.24. The van der Waals surface area contributed by atoms with Gasteiger partial charge in [0.05, 0.1) is 11.1 Å². The van der Waals surface area contributed by atoms with Gasteiger partial charge in [-0.3, -0.25) is 4.79 Å². The van der Waals surface area contributed by atoms with Crippen molar-refractivity contribution < 1.29 is 4.79 Å². The predicted molar refractivity (Wildman–Crippen MR) is 133 cm³/mol. The van der Waals surface area contributed by atoms with E-state index in [1.54, 1.807) is 6.21 Å². The van der Waals surface area contributed by atoms with Gasteiger partial charge in [0.1, 0.15) is 0 Å². The first kappa shape index (κ1) is 22.1. The number of thiocarbonyl (C=S) groups is 1. The van der Waals surface area contributed by atoms with Crippen LogP contribution in [0.15, 0.2) is 58.5 Å². The molecule has 156 valence electrons. The van der Waals surface area contributed by atoms with Crippen molar-refractivity contribution >= 4 is 57.9 Å². The van der Waals surface area contributed by atoms with E-state index in [0.29, 0.717) is 9.23 Å². The normalized spacial score (nSPS) is 15.5. The number of carbonyl (C=O) groups is 1. The maximum atomic E-state index is 12.8. The number of anilines is 2. The molecule has 2 aromatic rings.